The lowest BCUT2D eigenvalue weighted by Crippen LogP contribution is -2.25. The van der Waals surface area contributed by atoms with Crippen LogP contribution >= 0.6 is 0 Å². The van der Waals surface area contributed by atoms with Crippen molar-refractivity contribution in [3.63, 3.8) is 0 Å². The van der Waals surface area contributed by atoms with Crippen LogP contribution in [0.2, 0.25) is 0 Å². The first-order valence-electron chi connectivity index (χ1n) is 4.59. The summed E-state index contributed by atoms with van der Waals surface area (Å²) in [4.78, 5) is 15.4. The zero-order valence-corrected chi connectivity index (χ0v) is 9.02. The van der Waals surface area contributed by atoms with Crippen molar-refractivity contribution in [1.82, 2.24) is 4.98 Å². The van der Waals surface area contributed by atoms with E-state index in [1.165, 1.54) is 12.3 Å². The maximum absolute atomic E-state index is 11.5. The van der Waals surface area contributed by atoms with Crippen molar-refractivity contribution in [1.29, 1.82) is 0 Å². The lowest BCUT2D eigenvalue weighted by atomic mass is 9.91. The van der Waals surface area contributed by atoms with Gasteiger partial charge in [-0.05, 0) is 32.3 Å². The summed E-state index contributed by atoms with van der Waals surface area (Å²) >= 11 is 0. The van der Waals surface area contributed by atoms with Crippen molar-refractivity contribution in [2.24, 2.45) is 0 Å². The maximum atomic E-state index is 11.5. The number of carbonyl (C=O) groups is 1. The molecule has 79 valence electrons. The van der Waals surface area contributed by atoms with Crippen LogP contribution in [-0.4, -0.2) is 29.1 Å². The summed E-state index contributed by atoms with van der Waals surface area (Å²) in [5.74, 6) is -0.466. The summed E-state index contributed by atoms with van der Waals surface area (Å²) in [5, 5.41) is 8.67. The number of nitrogens with zero attached hydrogens (tertiary/aromatic N) is 1. The summed E-state index contributed by atoms with van der Waals surface area (Å²) in [6.45, 7) is 5.38. The van der Waals surface area contributed by atoms with Crippen LogP contribution in [-0.2, 0) is 4.74 Å². The normalized spacial score (nSPS) is 10.9. The van der Waals surface area contributed by atoms with Crippen LogP contribution in [0.25, 0.3) is 0 Å². The van der Waals surface area contributed by atoms with Crippen LogP contribution in [0.3, 0.4) is 0 Å². The van der Waals surface area contributed by atoms with Gasteiger partial charge in [-0.15, -0.1) is 0 Å². The third-order valence-corrected chi connectivity index (χ3v) is 1.54. The quantitative estimate of drug-likeness (QED) is 0.557. The fourth-order valence-electron chi connectivity index (χ4n) is 0.933. The molecule has 0 aromatic carbocycles. The molecular weight excluding hydrogens is 193 g/mol. The van der Waals surface area contributed by atoms with E-state index in [-0.39, 0.29) is 5.69 Å². The predicted octanol–water partition coefficient (Wildman–Crippen LogP) is 0.274. The second-order valence-corrected chi connectivity index (χ2v) is 4.11. The molecule has 1 rings (SSSR count). The van der Waals surface area contributed by atoms with Gasteiger partial charge in [0.15, 0.2) is 0 Å². The second-order valence-electron chi connectivity index (χ2n) is 4.11. The molecule has 1 heterocycles. The highest BCUT2D eigenvalue weighted by Crippen LogP contribution is 2.09. The standard InChI is InChI=1S/C10H13BNO3/c1-10(2,3)15-9(13)8-5-4-7(11-14)6-12-8/h4-6,14H,1-3H3. The highest BCUT2D eigenvalue weighted by molar-refractivity contribution is 6.45. The van der Waals surface area contributed by atoms with E-state index < -0.39 is 11.6 Å². The van der Waals surface area contributed by atoms with Crippen LogP contribution in [0.5, 0.6) is 0 Å². The van der Waals surface area contributed by atoms with Crippen LogP contribution in [0.15, 0.2) is 18.3 Å². The molecule has 1 aromatic rings. The van der Waals surface area contributed by atoms with E-state index in [0.29, 0.717) is 5.46 Å². The Labute approximate surface area is 89.6 Å². The Morgan fingerprint density at radius 1 is 1.47 bits per heavy atom. The van der Waals surface area contributed by atoms with Gasteiger partial charge >= 0.3 is 13.5 Å². The van der Waals surface area contributed by atoms with Gasteiger partial charge in [0.2, 0.25) is 0 Å². The molecule has 0 saturated heterocycles. The van der Waals surface area contributed by atoms with E-state index in [4.69, 9.17) is 9.76 Å². The number of ether oxygens (including phenoxy) is 1. The van der Waals surface area contributed by atoms with E-state index in [9.17, 15) is 4.79 Å². The Kier molecular flexibility index (Phi) is 3.47. The fourth-order valence-corrected chi connectivity index (χ4v) is 0.933. The molecule has 0 atom stereocenters. The molecule has 15 heavy (non-hydrogen) atoms. The number of rotatable bonds is 2. The van der Waals surface area contributed by atoms with E-state index in [2.05, 4.69) is 4.98 Å². The number of aromatic nitrogens is 1. The molecule has 0 saturated carbocycles. The van der Waals surface area contributed by atoms with Crippen LogP contribution in [0.4, 0.5) is 0 Å². The minimum Gasteiger partial charge on any atom is -0.455 e. The van der Waals surface area contributed by atoms with Gasteiger partial charge in [-0.25, -0.2) is 9.78 Å². The number of esters is 1. The fraction of sp³-hybridized carbons (Fsp3) is 0.400. The predicted molar refractivity (Wildman–Crippen MR) is 57.0 cm³/mol. The van der Waals surface area contributed by atoms with Crippen molar-refractivity contribution in [2.75, 3.05) is 0 Å². The topological polar surface area (TPSA) is 59.4 Å². The summed E-state index contributed by atoms with van der Waals surface area (Å²) < 4.78 is 5.12. The average molecular weight is 206 g/mol. The molecule has 1 radical (unpaired) electrons. The first-order valence-corrected chi connectivity index (χ1v) is 4.59. The van der Waals surface area contributed by atoms with Crippen molar-refractivity contribution in [2.45, 2.75) is 26.4 Å². The Bertz CT molecular complexity index is 343. The number of hydrogen-bond donors (Lipinski definition) is 1. The molecule has 0 amide bonds. The molecular formula is C10H13BNO3. The zero-order valence-electron chi connectivity index (χ0n) is 9.02. The van der Waals surface area contributed by atoms with Gasteiger partial charge in [0.1, 0.15) is 11.3 Å². The second kappa shape index (κ2) is 4.44. The van der Waals surface area contributed by atoms with E-state index in [1.807, 2.05) is 0 Å². The van der Waals surface area contributed by atoms with Gasteiger partial charge in [-0.3, -0.25) is 0 Å². The lowest BCUT2D eigenvalue weighted by molar-refractivity contribution is 0.00629. The lowest BCUT2D eigenvalue weighted by Gasteiger charge is -2.18. The Morgan fingerprint density at radius 2 is 2.13 bits per heavy atom. The van der Waals surface area contributed by atoms with Crippen LogP contribution in [0.1, 0.15) is 31.3 Å². The first kappa shape index (κ1) is 11.7. The summed E-state index contributed by atoms with van der Waals surface area (Å²) in [6.07, 6.45) is 1.40. The van der Waals surface area contributed by atoms with Crippen molar-refractivity contribution < 1.29 is 14.6 Å². The largest absolute Gasteiger partial charge is 0.455 e. The van der Waals surface area contributed by atoms with E-state index >= 15 is 0 Å². The van der Waals surface area contributed by atoms with Crippen molar-refractivity contribution in [3.8, 4) is 0 Å². The maximum Gasteiger partial charge on any atom is 0.357 e. The number of carbonyl (C=O) groups excluding carboxylic acids is 1. The highest BCUT2D eigenvalue weighted by atomic mass is 16.6. The molecule has 4 nitrogen and oxygen atoms in total. The Hall–Kier alpha value is -1.36. The van der Waals surface area contributed by atoms with E-state index in [1.54, 1.807) is 26.8 Å². The molecule has 0 bridgehead atoms. The smallest absolute Gasteiger partial charge is 0.357 e. The van der Waals surface area contributed by atoms with Gasteiger partial charge in [0.25, 0.3) is 0 Å². The average Bonchev–Trinajstić information content (AvgIpc) is 2.15. The summed E-state index contributed by atoms with van der Waals surface area (Å²) in [6, 6.07) is 3.10. The van der Waals surface area contributed by atoms with Gasteiger partial charge in [0.05, 0.1) is 0 Å². The first-order chi connectivity index (χ1) is 6.92. The zero-order chi connectivity index (χ0) is 11.5. The highest BCUT2D eigenvalue weighted by Gasteiger charge is 2.18. The van der Waals surface area contributed by atoms with Crippen LogP contribution < -0.4 is 5.46 Å². The molecule has 0 spiro atoms. The van der Waals surface area contributed by atoms with Gasteiger partial charge in [0, 0.05) is 6.20 Å². The molecule has 5 heteroatoms. The molecule has 0 fully saturated rings. The molecule has 0 aliphatic rings. The Morgan fingerprint density at radius 3 is 2.53 bits per heavy atom. The minimum absolute atomic E-state index is 0.232. The minimum atomic E-state index is -0.527. The van der Waals surface area contributed by atoms with Gasteiger partial charge in [-0.2, -0.15) is 0 Å². The van der Waals surface area contributed by atoms with Crippen LogP contribution in [0, 0.1) is 0 Å². The number of hydrogen-bond acceptors (Lipinski definition) is 4. The molecule has 0 unspecified atom stereocenters. The molecule has 1 N–H and O–H groups in total. The molecule has 1 aromatic heterocycles. The SMILES string of the molecule is CC(C)(C)OC(=O)c1ccc([B]O)cn1. The van der Waals surface area contributed by atoms with Gasteiger partial charge in [-0.1, -0.05) is 6.07 Å². The third kappa shape index (κ3) is 3.71. The molecule has 0 aliphatic heterocycles. The Balaban J connectivity index is 2.75. The molecule has 0 aliphatic carbocycles. The van der Waals surface area contributed by atoms with Crippen molar-refractivity contribution >= 4 is 18.9 Å². The summed E-state index contributed by atoms with van der Waals surface area (Å²) in [5.41, 5.74) is 0.249. The van der Waals surface area contributed by atoms with Crippen molar-refractivity contribution in [3.05, 3.63) is 24.0 Å². The monoisotopic (exact) mass is 206 g/mol. The van der Waals surface area contributed by atoms with E-state index in [0.717, 1.165) is 7.48 Å². The van der Waals surface area contributed by atoms with Gasteiger partial charge < -0.3 is 9.76 Å². The third-order valence-electron chi connectivity index (χ3n) is 1.54. The number of pyridine rings is 1. The summed E-state index contributed by atoms with van der Waals surface area (Å²) in [7, 11) is 0.922.